The van der Waals surface area contributed by atoms with E-state index in [1.807, 2.05) is 0 Å². The molecule has 0 unspecified atom stereocenters. The second-order valence-electron chi connectivity index (χ2n) is 0.204. The number of hydrogen-bond acceptors (Lipinski definition) is 4. The summed E-state index contributed by atoms with van der Waals surface area (Å²) in [5.74, 6) is 0. The number of isocyanates is 2. The summed E-state index contributed by atoms with van der Waals surface area (Å²) in [6, 6.07) is 0. The summed E-state index contributed by atoms with van der Waals surface area (Å²) < 4.78 is 0. The molecule has 0 atom stereocenters. The Balaban J connectivity index is -0.000000000526. The van der Waals surface area contributed by atoms with E-state index in [-0.39, 0.29) is 119 Å². The monoisotopic (exact) mass is 343 g/mol. The van der Waals surface area contributed by atoms with Crippen molar-refractivity contribution in [1.29, 1.82) is 10.8 Å². The second-order valence-corrected chi connectivity index (χ2v) is 0.204. The predicted molar refractivity (Wildman–Crippen MR) is 125 cm³/mol. The summed E-state index contributed by atoms with van der Waals surface area (Å²) in [6.45, 7) is 0. The maximum atomic E-state index is 8.35. The van der Waals surface area contributed by atoms with Gasteiger partial charge < -0.3 is 0 Å². The van der Waals surface area contributed by atoms with Gasteiger partial charge in [0.25, 0.3) is 0 Å². The first-order valence-electron chi connectivity index (χ1n) is 0.908. The number of nitrogens with one attached hydrogen (secondary N) is 2. The molecule has 0 aromatic carbocycles. The molecule has 4 nitrogen and oxygen atoms in total. The highest BCUT2D eigenvalue weighted by Gasteiger charge is 1.04. The van der Waals surface area contributed by atoms with Gasteiger partial charge in [-0.1, -0.05) is 119 Å². The fraction of sp³-hybridized carbons (Fsp3) is 0.889. The van der Waals surface area contributed by atoms with E-state index in [2.05, 4.69) is 0 Å². The Hall–Kier alpha value is -1.24. The Labute approximate surface area is 152 Å². The molecule has 0 radical (unpaired) electrons. The lowest BCUT2D eigenvalue weighted by Gasteiger charge is -1.02. The Morgan fingerprint density at radius 3 is 0.318 bits per heavy atom. The number of rotatable bonds is 0. The van der Waals surface area contributed by atoms with Gasteiger partial charge in [-0.2, -0.15) is 0 Å². The maximum Gasteiger partial charge on any atom is 0.231 e. The van der Waals surface area contributed by atoms with Crippen LogP contribution >= 0.6 is 0 Å². The summed E-state index contributed by atoms with van der Waals surface area (Å²) in [5, 5.41) is 10.8. The molecule has 0 aromatic heterocycles. The van der Waals surface area contributed by atoms with Gasteiger partial charge in [0.2, 0.25) is 12.2 Å². The summed E-state index contributed by atoms with van der Waals surface area (Å²) in [5.41, 5.74) is 0. The van der Waals surface area contributed by atoms with Crippen LogP contribution in [0.4, 0.5) is 0 Å². The number of carbonyl (C=O) groups excluding carboxylic acids is 2. The average Bonchev–Trinajstić information content (AvgIpc) is 1.39. The van der Waals surface area contributed by atoms with Crippen molar-refractivity contribution in [2.24, 2.45) is 0 Å². The van der Waals surface area contributed by atoms with E-state index in [0.717, 1.165) is 12.2 Å². The molecular formula is C18H66N2O2. The Morgan fingerprint density at radius 2 is 0.318 bits per heavy atom. The molecule has 0 saturated heterocycles. The molecule has 2 N–H and O–H groups in total. The fourth-order valence-electron chi connectivity index (χ4n) is 0. The van der Waals surface area contributed by atoms with E-state index < -0.39 is 0 Å². The first-order valence-corrected chi connectivity index (χ1v) is 0.908. The van der Waals surface area contributed by atoms with Gasteiger partial charge >= 0.3 is 0 Å². The van der Waals surface area contributed by atoms with Crippen molar-refractivity contribution in [3.63, 3.8) is 0 Å². The van der Waals surface area contributed by atoms with Gasteiger partial charge in [0, 0.05) is 0 Å². The third-order valence-corrected chi connectivity index (χ3v) is 0. The van der Waals surface area contributed by atoms with Crippen molar-refractivity contribution in [2.75, 3.05) is 0 Å². The van der Waals surface area contributed by atoms with Crippen LogP contribution in [0.15, 0.2) is 0 Å². The van der Waals surface area contributed by atoms with Crippen molar-refractivity contribution in [3.8, 4) is 0 Å². The van der Waals surface area contributed by atoms with Gasteiger partial charge in [-0.3, -0.25) is 0 Å². The smallest absolute Gasteiger partial charge is 0.222 e. The molecule has 4 heteroatoms. The zero-order chi connectivity index (χ0) is 5.41. The van der Waals surface area contributed by atoms with Gasteiger partial charge in [0.05, 0.1) is 0 Å². The molecule has 0 aliphatic carbocycles. The minimum Gasteiger partial charge on any atom is -0.222 e. The molecule has 160 valence electrons. The molecule has 0 aliphatic rings. The summed E-state index contributed by atoms with van der Waals surface area (Å²) >= 11 is 0. The lowest BCUT2D eigenvalue weighted by atomic mass is 11.7. The average molecular weight is 343 g/mol. The zero-order valence-corrected chi connectivity index (χ0v) is 2.82. The standard InChI is InChI=1S/2CHNO.16CH4/c2*2-1-3;;;;;;;;;;;;;;;;/h2*2H;16*1H4. The minimum absolute atomic E-state index is 0. The van der Waals surface area contributed by atoms with Crippen LogP contribution in [0.25, 0.3) is 0 Å². The van der Waals surface area contributed by atoms with Crippen LogP contribution in [0.1, 0.15) is 119 Å². The Bertz CT molecular complexity index is 73.1. The van der Waals surface area contributed by atoms with Crippen LogP contribution in [-0.4, -0.2) is 12.2 Å². The van der Waals surface area contributed by atoms with E-state index in [0.29, 0.717) is 0 Å². The van der Waals surface area contributed by atoms with Crippen LogP contribution in [0, 0.1) is 10.8 Å². The quantitative estimate of drug-likeness (QED) is 0.339. The largest absolute Gasteiger partial charge is 0.231 e. The Kier molecular flexibility index (Phi) is 582000. The second kappa shape index (κ2) is 12000. The van der Waals surface area contributed by atoms with Crippen LogP contribution in [0.5, 0.6) is 0 Å². The molecule has 0 bridgehead atoms. The van der Waals surface area contributed by atoms with Crippen molar-refractivity contribution in [2.45, 2.75) is 119 Å². The topological polar surface area (TPSA) is 81.8 Å². The van der Waals surface area contributed by atoms with Crippen molar-refractivity contribution < 1.29 is 9.59 Å². The highest BCUT2D eigenvalue weighted by Crippen LogP contribution is 0.871. The predicted octanol–water partition coefficient (Wildman–Crippen LogP) is 9.98. The van der Waals surface area contributed by atoms with Crippen LogP contribution < -0.4 is 0 Å². The molecule has 0 heterocycles. The van der Waals surface area contributed by atoms with Crippen molar-refractivity contribution in [1.82, 2.24) is 0 Å². The lowest BCUT2D eigenvalue weighted by Crippen LogP contribution is -1.16. The molecule has 0 rings (SSSR count). The van der Waals surface area contributed by atoms with Crippen molar-refractivity contribution >= 4 is 12.2 Å². The molecule has 0 spiro atoms. The SMILES string of the molecule is C.C.C.C.C.C.C.C.C.C.C.C.C.C.C.C.N=C=O.N=C=O. The van der Waals surface area contributed by atoms with Gasteiger partial charge in [-0.25, -0.2) is 20.4 Å². The van der Waals surface area contributed by atoms with Gasteiger partial charge in [-0.15, -0.1) is 0 Å². The zero-order valence-electron chi connectivity index (χ0n) is 2.82. The molecular weight excluding hydrogens is 276 g/mol. The fourth-order valence-corrected chi connectivity index (χ4v) is 0. The first-order chi connectivity index (χ1) is 2.83. The highest BCUT2D eigenvalue weighted by molar-refractivity contribution is 5.26. The summed E-state index contributed by atoms with van der Waals surface area (Å²) in [4.78, 5) is 16.7. The highest BCUT2D eigenvalue weighted by atomic mass is 16.1. The van der Waals surface area contributed by atoms with E-state index in [1.165, 1.54) is 0 Å². The third kappa shape index (κ3) is 3850. The lowest BCUT2D eigenvalue weighted by molar-refractivity contribution is 0.562. The van der Waals surface area contributed by atoms with E-state index in [1.54, 1.807) is 0 Å². The minimum atomic E-state index is 0. The normalized spacial score (nSPS) is 0.727. The molecule has 0 aromatic rings. The van der Waals surface area contributed by atoms with Crippen LogP contribution in [0.2, 0.25) is 0 Å². The molecule has 0 aliphatic heterocycles. The van der Waals surface area contributed by atoms with Crippen LogP contribution in [-0.2, 0) is 9.59 Å². The molecule has 0 saturated carbocycles. The van der Waals surface area contributed by atoms with Gasteiger partial charge in [0.1, 0.15) is 0 Å². The van der Waals surface area contributed by atoms with E-state index in [4.69, 9.17) is 20.4 Å². The maximum absolute atomic E-state index is 8.35. The van der Waals surface area contributed by atoms with E-state index >= 15 is 0 Å². The number of hydrogen-bond donors (Lipinski definition) is 2. The summed E-state index contributed by atoms with van der Waals surface area (Å²) in [7, 11) is 0. The van der Waals surface area contributed by atoms with Gasteiger partial charge in [-0.05, 0) is 0 Å². The summed E-state index contributed by atoms with van der Waals surface area (Å²) in [6.07, 6.45) is 1.50. The van der Waals surface area contributed by atoms with Crippen LogP contribution in [0.3, 0.4) is 0 Å². The van der Waals surface area contributed by atoms with Gasteiger partial charge in [0.15, 0.2) is 0 Å². The molecule has 22 heavy (non-hydrogen) atoms. The van der Waals surface area contributed by atoms with E-state index in [9.17, 15) is 0 Å². The molecule has 0 amide bonds. The Morgan fingerprint density at radius 1 is 0.318 bits per heavy atom. The molecule has 0 fully saturated rings. The first kappa shape index (κ1) is 1060. The third-order valence-electron chi connectivity index (χ3n) is 0. The van der Waals surface area contributed by atoms with Crippen molar-refractivity contribution in [3.05, 3.63) is 0 Å².